The van der Waals surface area contributed by atoms with Gasteiger partial charge in [-0.2, -0.15) is 0 Å². The van der Waals surface area contributed by atoms with Crippen LogP contribution in [0.25, 0.3) is 0 Å². The van der Waals surface area contributed by atoms with Crippen LogP contribution in [0.5, 0.6) is 0 Å². The molecule has 1 saturated carbocycles. The van der Waals surface area contributed by atoms with Crippen LogP contribution in [0.2, 0.25) is 0 Å². The number of rotatable bonds is 17. The molecule has 0 spiro atoms. The number of likely N-dealkylation sites (tertiary alicyclic amines) is 1. The fourth-order valence-electron chi connectivity index (χ4n) is 6.61. The van der Waals surface area contributed by atoms with E-state index >= 15 is 0 Å². The van der Waals surface area contributed by atoms with Crippen LogP contribution < -0.4 is 26.6 Å². The Bertz CT molecular complexity index is 1320. The van der Waals surface area contributed by atoms with Gasteiger partial charge in [-0.15, -0.1) is 0 Å². The van der Waals surface area contributed by atoms with Crippen LogP contribution in [-0.4, -0.2) is 105 Å². The summed E-state index contributed by atoms with van der Waals surface area (Å²) in [6.07, 6.45) is 11.4. The van der Waals surface area contributed by atoms with Gasteiger partial charge in [-0.25, -0.2) is 4.79 Å². The molecule has 0 bridgehead atoms. The molecule has 2 aliphatic rings. The summed E-state index contributed by atoms with van der Waals surface area (Å²) in [6, 6.07) is -4.13. The van der Waals surface area contributed by atoms with E-state index in [9.17, 15) is 28.8 Å². The molecule has 4 unspecified atom stereocenters. The Hall–Kier alpha value is -3.35. The van der Waals surface area contributed by atoms with Crippen molar-refractivity contribution in [2.24, 2.45) is 16.7 Å². The Kier molecular flexibility index (Phi) is 17.9. The molecule has 0 aromatic rings. The molecule has 1 saturated heterocycles. The number of alkyl halides is 3. The molecule has 14 heteroatoms. The Balaban J connectivity index is 2.39. The molecule has 52 heavy (non-hydrogen) atoms. The van der Waals surface area contributed by atoms with Crippen molar-refractivity contribution in [3.63, 3.8) is 0 Å². The minimum atomic E-state index is -1.73. The summed E-state index contributed by atoms with van der Waals surface area (Å²) in [5, 5.41) is 13.9. The van der Waals surface area contributed by atoms with Crippen molar-refractivity contribution in [3.8, 4) is 12.3 Å². The maximum absolute atomic E-state index is 14.8. The molecule has 2 fully saturated rings. The number of Topliss-reactive ketones (excluding diaryl/α,β-unsaturated/α-hetero) is 1. The average molecular weight is 843 g/mol. The molecular weight excluding hydrogens is 779 g/mol. The third-order valence-electron chi connectivity index (χ3n) is 9.88. The molecule has 294 valence electrons. The van der Waals surface area contributed by atoms with Gasteiger partial charge in [-0.3, -0.25) is 0 Å². The molecular formula is C38H63IN6O7. The van der Waals surface area contributed by atoms with E-state index < -0.39 is 84.5 Å². The number of halogens is 1. The number of terminal acetylenes is 1. The Labute approximate surface area is 318 Å². The first-order chi connectivity index (χ1) is 24.4. The van der Waals surface area contributed by atoms with Crippen LogP contribution >= 0.6 is 19.8 Å². The van der Waals surface area contributed by atoms with Gasteiger partial charge in [0.05, 0.1) is 0 Å². The van der Waals surface area contributed by atoms with E-state index in [0.29, 0.717) is 32.4 Å². The van der Waals surface area contributed by atoms with Gasteiger partial charge in [0, 0.05) is 6.54 Å². The topological polar surface area (TPSA) is 175 Å². The van der Waals surface area contributed by atoms with Crippen LogP contribution in [-0.2, 0) is 23.9 Å². The summed E-state index contributed by atoms with van der Waals surface area (Å²) >= 11 is -1.73. The van der Waals surface area contributed by atoms with E-state index in [2.05, 4.69) is 48.9 Å². The Morgan fingerprint density at radius 3 is 2.25 bits per heavy atom. The molecule has 1 heterocycles. The van der Waals surface area contributed by atoms with Crippen molar-refractivity contribution in [1.82, 2.24) is 31.5 Å². The van der Waals surface area contributed by atoms with Crippen LogP contribution in [0.4, 0.5) is 9.59 Å². The number of nitrogens with zero attached hydrogens (tertiary/aromatic N) is 1. The summed E-state index contributed by atoms with van der Waals surface area (Å²) in [5.41, 5.74) is -1.07. The second-order valence-electron chi connectivity index (χ2n) is 15.8. The quantitative estimate of drug-likeness (QED) is 0.0485. The first kappa shape index (κ1) is 44.8. The predicted octanol–water partition coefficient (Wildman–Crippen LogP) is 3.93. The monoisotopic (exact) mass is 842 g/mol. The first-order valence-corrected chi connectivity index (χ1v) is 23.9. The number of carbonyl (C=O) groups excluding carboxylic acids is 6. The Morgan fingerprint density at radius 2 is 1.69 bits per heavy atom. The SMILES string of the molecule is C#CCCC(NC(=O)C1[C@@H](I(C)C)CCN1C(=O)C(NC(=O)NC(COC(=O)NCC(C)C)C(C)(C)C)C1(C)CCCCC1)C(=O)C(=O)NCC=C. The van der Waals surface area contributed by atoms with E-state index in [-0.39, 0.29) is 41.7 Å². The standard InChI is InChI=1S/C38H63IN6O7/c1-11-13-17-27(30(46)33(48)40-21-12-2)42-32(47)29-26(39(9)10)18-22-45(29)34(49)31(38(8)19-15-14-16-20-38)44-35(50)43-28(37(5,6)7)24-52-36(51)41-23-25(3)4/h1,12,25-29,31H,2,13-24H2,3-10H3,(H,40,48)(H,41,51)(H,42,47)(H2,43,44,50)/t26-,27?,28?,29?,31?/m0/s1. The number of amides is 6. The molecule has 1 aliphatic heterocycles. The molecule has 5 N–H and O–H groups in total. The fraction of sp³-hybridized carbons (Fsp3) is 0.737. The van der Waals surface area contributed by atoms with Crippen LogP contribution in [0.3, 0.4) is 0 Å². The fourth-order valence-corrected chi connectivity index (χ4v) is 10.2. The molecule has 0 aromatic carbocycles. The van der Waals surface area contributed by atoms with Gasteiger partial charge < -0.3 is 5.32 Å². The number of urea groups is 1. The van der Waals surface area contributed by atoms with E-state index in [1.807, 2.05) is 41.5 Å². The van der Waals surface area contributed by atoms with Gasteiger partial charge in [0.1, 0.15) is 0 Å². The van der Waals surface area contributed by atoms with Gasteiger partial charge in [-0.1, -0.05) is 13.8 Å². The first-order valence-electron chi connectivity index (χ1n) is 18.3. The van der Waals surface area contributed by atoms with Crippen molar-refractivity contribution < 1.29 is 33.5 Å². The summed E-state index contributed by atoms with van der Waals surface area (Å²) in [6.45, 7) is 16.1. The van der Waals surface area contributed by atoms with Gasteiger partial charge in [0.15, 0.2) is 0 Å². The van der Waals surface area contributed by atoms with E-state index in [1.165, 1.54) is 6.08 Å². The van der Waals surface area contributed by atoms with Gasteiger partial charge in [0.2, 0.25) is 0 Å². The number of nitrogens with one attached hydrogen (secondary N) is 5. The summed E-state index contributed by atoms with van der Waals surface area (Å²) < 4.78 is 5.38. The molecule has 6 amide bonds. The van der Waals surface area contributed by atoms with Crippen molar-refractivity contribution >= 4 is 55.4 Å². The van der Waals surface area contributed by atoms with Crippen molar-refractivity contribution in [3.05, 3.63) is 12.7 Å². The third-order valence-corrected chi connectivity index (χ3v) is 14.4. The zero-order valence-corrected chi connectivity index (χ0v) is 34.7. The van der Waals surface area contributed by atoms with Crippen molar-refractivity contribution in [2.45, 2.75) is 121 Å². The number of hydrogen-bond donors (Lipinski definition) is 5. The number of ether oxygens (including phenoxy) is 1. The zero-order chi connectivity index (χ0) is 39.2. The third kappa shape index (κ3) is 13.3. The molecule has 0 radical (unpaired) electrons. The van der Waals surface area contributed by atoms with Crippen LogP contribution in [0.15, 0.2) is 12.7 Å². The summed E-state index contributed by atoms with van der Waals surface area (Å²) in [5.74, 6) is 0.182. The van der Waals surface area contributed by atoms with Gasteiger partial charge >= 0.3 is 283 Å². The molecule has 13 nitrogen and oxygen atoms in total. The minimum absolute atomic E-state index is 0.0644. The number of carbonyl (C=O) groups is 6. The second-order valence-corrected chi connectivity index (χ2v) is 22.1. The molecule has 1 aliphatic carbocycles. The Morgan fingerprint density at radius 1 is 1.04 bits per heavy atom. The number of ketones is 1. The van der Waals surface area contributed by atoms with Gasteiger partial charge in [0.25, 0.3) is 0 Å². The van der Waals surface area contributed by atoms with Crippen molar-refractivity contribution in [2.75, 3.05) is 36.1 Å². The normalized spacial score (nSPS) is 20.3. The van der Waals surface area contributed by atoms with Crippen molar-refractivity contribution in [1.29, 1.82) is 0 Å². The number of alkyl carbamates (subject to hydrolysis) is 1. The predicted molar refractivity (Wildman–Crippen MR) is 212 cm³/mol. The van der Waals surface area contributed by atoms with E-state index in [0.717, 1.165) is 19.3 Å². The second kappa shape index (κ2) is 20.8. The number of hydrogen-bond acceptors (Lipinski definition) is 7. The van der Waals surface area contributed by atoms with E-state index in [1.54, 1.807) is 4.90 Å². The molecule has 2 rings (SSSR count). The van der Waals surface area contributed by atoms with Gasteiger partial charge in [-0.05, 0) is 5.92 Å². The maximum atomic E-state index is 14.8. The van der Waals surface area contributed by atoms with Crippen LogP contribution in [0.1, 0.15) is 92.9 Å². The molecule has 0 aromatic heterocycles. The zero-order valence-electron chi connectivity index (χ0n) is 32.5. The summed E-state index contributed by atoms with van der Waals surface area (Å²) in [7, 11) is 0. The van der Waals surface area contributed by atoms with Crippen LogP contribution in [0, 0.1) is 29.1 Å². The average Bonchev–Trinajstić information content (AvgIpc) is 3.54. The molecule has 5 atom stereocenters. The summed E-state index contributed by atoms with van der Waals surface area (Å²) in [4.78, 5) is 86.7. The van der Waals surface area contributed by atoms with E-state index in [4.69, 9.17) is 11.2 Å².